The van der Waals surface area contributed by atoms with Crippen molar-refractivity contribution in [3.8, 4) is 5.75 Å². The normalized spacial score (nSPS) is 13.8. The number of pyridine rings is 1. The minimum absolute atomic E-state index is 0.392. The van der Waals surface area contributed by atoms with Crippen LogP contribution in [0.3, 0.4) is 0 Å². The molecule has 0 saturated heterocycles. The summed E-state index contributed by atoms with van der Waals surface area (Å²) in [6.45, 7) is 2.21. The van der Waals surface area contributed by atoms with Crippen molar-refractivity contribution in [1.82, 2.24) is 4.98 Å². The van der Waals surface area contributed by atoms with Crippen LogP contribution < -0.4 is 4.74 Å². The number of nitrogens with zero attached hydrogens (tertiary/aromatic N) is 1. The summed E-state index contributed by atoms with van der Waals surface area (Å²) in [5, 5.41) is 11.5. The smallest absolute Gasteiger partial charge is 0.428 e. The standard InChI is InChI=1S/C26H35F4NO2/c1-2-3-4-5-6-7-8-9-10-11-18-25(32,22-13-12-19-31-20-22)21-14-16-23(17-15-21)33-26(29,30)24(27)28/h12-17,19-20,24,32H,2-11,18H2,1H3. The minimum atomic E-state index is -4.57. The van der Waals surface area contributed by atoms with Crippen molar-refractivity contribution in [2.75, 3.05) is 0 Å². The summed E-state index contributed by atoms with van der Waals surface area (Å²) in [4.78, 5) is 4.09. The predicted octanol–water partition coefficient (Wildman–Crippen LogP) is 7.87. The number of hydrogen-bond donors (Lipinski definition) is 1. The zero-order valence-corrected chi connectivity index (χ0v) is 19.3. The Morgan fingerprint density at radius 2 is 1.42 bits per heavy atom. The Labute approximate surface area is 194 Å². The molecule has 0 radical (unpaired) electrons. The fourth-order valence-corrected chi connectivity index (χ4v) is 3.93. The van der Waals surface area contributed by atoms with Gasteiger partial charge in [-0.15, -0.1) is 0 Å². The van der Waals surface area contributed by atoms with E-state index in [0.29, 0.717) is 17.5 Å². The Morgan fingerprint density at radius 1 is 0.848 bits per heavy atom. The molecule has 1 atom stereocenters. The molecular formula is C26H35F4NO2. The number of hydrogen-bond acceptors (Lipinski definition) is 3. The number of unbranched alkanes of at least 4 members (excludes halogenated alkanes) is 9. The molecule has 2 rings (SSSR count). The summed E-state index contributed by atoms with van der Waals surface area (Å²) in [6.07, 6.45) is 6.75. The van der Waals surface area contributed by atoms with E-state index in [1.54, 1.807) is 24.5 Å². The third-order valence-corrected chi connectivity index (χ3v) is 5.87. The van der Waals surface area contributed by atoms with Gasteiger partial charge in [0.2, 0.25) is 0 Å². The lowest BCUT2D eigenvalue weighted by Gasteiger charge is -2.29. The van der Waals surface area contributed by atoms with Crippen molar-refractivity contribution >= 4 is 0 Å². The molecule has 0 bridgehead atoms. The molecule has 184 valence electrons. The maximum atomic E-state index is 13.2. The van der Waals surface area contributed by atoms with Gasteiger partial charge in [-0.25, -0.2) is 0 Å². The monoisotopic (exact) mass is 469 g/mol. The Hall–Kier alpha value is -2.15. The lowest BCUT2D eigenvalue weighted by Crippen LogP contribution is -2.33. The number of rotatable bonds is 16. The zero-order chi connectivity index (χ0) is 24.2. The quantitative estimate of drug-likeness (QED) is 0.201. The molecule has 1 heterocycles. The first kappa shape index (κ1) is 27.1. The van der Waals surface area contributed by atoms with Gasteiger partial charge < -0.3 is 9.84 Å². The summed E-state index contributed by atoms with van der Waals surface area (Å²) in [7, 11) is 0. The van der Waals surface area contributed by atoms with E-state index in [4.69, 9.17) is 0 Å². The van der Waals surface area contributed by atoms with Crippen LogP contribution in [-0.4, -0.2) is 22.6 Å². The van der Waals surface area contributed by atoms with Crippen LogP contribution in [-0.2, 0) is 5.60 Å². The SMILES string of the molecule is CCCCCCCCCCCCC(O)(c1ccc(OC(F)(F)C(F)F)cc1)c1cccnc1. The number of ether oxygens (including phenoxy) is 1. The molecule has 0 amide bonds. The van der Waals surface area contributed by atoms with Crippen LogP contribution in [0.15, 0.2) is 48.8 Å². The Bertz CT molecular complexity index is 787. The summed E-state index contributed by atoms with van der Waals surface area (Å²) in [5.41, 5.74) is -0.301. The Morgan fingerprint density at radius 3 is 1.94 bits per heavy atom. The van der Waals surface area contributed by atoms with Crippen molar-refractivity contribution in [2.24, 2.45) is 0 Å². The second-order valence-electron chi connectivity index (χ2n) is 8.52. The fraction of sp³-hybridized carbons (Fsp3) is 0.577. The number of halogens is 4. The van der Waals surface area contributed by atoms with Gasteiger partial charge in [0.05, 0.1) is 0 Å². The second-order valence-corrected chi connectivity index (χ2v) is 8.52. The topological polar surface area (TPSA) is 42.4 Å². The molecule has 1 aromatic heterocycles. The molecule has 0 aliphatic rings. The molecule has 1 unspecified atom stereocenters. The minimum Gasteiger partial charge on any atom is -0.428 e. The van der Waals surface area contributed by atoms with Crippen LogP contribution >= 0.6 is 0 Å². The van der Waals surface area contributed by atoms with Gasteiger partial charge in [-0.1, -0.05) is 82.9 Å². The molecule has 2 aromatic rings. The molecule has 7 heteroatoms. The maximum absolute atomic E-state index is 13.2. The molecule has 0 fully saturated rings. The van der Waals surface area contributed by atoms with E-state index in [0.717, 1.165) is 19.3 Å². The van der Waals surface area contributed by atoms with Crippen LogP contribution in [0.2, 0.25) is 0 Å². The first-order valence-corrected chi connectivity index (χ1v) is 11.9. The van der Waals surface area contributed by atoms with Crippen LogP contribution in [0, 0.1) is 0 Å². The zero-order valence-electron chi connectivity index (χ0n) is 19.3. The van der Waals surface area contributed by atoms with Crippen LogP contribution in [0.5, 0.6) is 5.75 Å². The highest BCUT2D eigenvalue weighted by molar-refractivity contribution is 5.38. The van der Waals surface area contributed by atoms with Crippen molar-refractivity contribution in [3.63, 3.8) is 0 Å². The summed E-state index contributed by atoms with van der Waals surface area (Å²) in [5.74, 6) is -0.392. The molecule has 1 aromatic carbocycles. The van der Waals surface area contributed by atoms with E-state index < -0.39 is 23.9 Å². The molecule has 33 heavy (non-hydrogen) atoms. The van der Waals surface area contributed by atoms with Gasteiger partial charge in [-0.3, -0.25) is 4.98 Å². The maximum Gasteiger partial charge on any atom is 0.461 e. The van der Waals surface area contributed by atoms with E-state index in [1.165, 1.54) is 69.2 Å². The van der Waals surface area contributed by atoms with Gasteiger partial charge >= 0.3 is 12.5 Å². The molecule has 0 saturated carbocycles. The number of benzene rings is 1. The highest BCUT2D eigenvalue weighted by Gasteiger charge is 2.44. The average Bonchev–Trinajstić information content (AvgIpc) is 2.81. The largest absolute Gasteiger partial charge is 0.461 e. The third kappa shape index (κ3) is 8.61. The fourth-order valence-electron chi connectivity index (χ4n) is 3.93. The van der Waals surface area contributed by atoms with Crippen molar-refractivity contribution in [2.45, 2.75) is 95.7 Å². The average molecular weight is 470 g/mol. The molecule has 0 spiro atoms. The lowest BCUT2D eigenvalue weighted by atomic mass is 9.82. The van der Waals surface area contributed by atoms with E-state index in [2.05, 4.69) is 16.6 Å². The Kier molecular flexibility index (Phi) is 11.1. The van der Waals surface area contributed by atoms with Crippen LogP contribution in [0.4, 0.5) is 17.6 Å². The third-order valence-electron chi connectivity index (χ3n) is 5.87. The molecule has 0 aliphatic carbocycles. The predicted molar refractivity (Wildman–Crippen MR) is 122 cm³/mol. The van der Waals surface area contributed by atoms with Gasteiger partial charge in [-0.2, -0.15) is 17.6 Å². The van der Waals surface area contributed by atoms with Gasteiger partial charge in [0.25, 0.3) is 0 Å². The summed E-state index contributed by atoms with van der Waals surface area (Å²) in [6, 6.07) is 8.69. The van der Waals surface area contributed by atoms with Crippen LogP contribution in [0.1, 0.15) is 88.7 Å². The van der Waals surface area contributed by atoms with Crippen molar-refractivity contribution in [1.29, 1.82) is 0 Å². The first-order valence-electron chi connectivity index (χ1n) is 11.9. The lowest BCUT2D eigenvalue weighted by molar-refractivity contribution is -0.253. The van der Waals surface area contributed by atoms with Crippen LogP contribution in [0.25, 0.3) is 0 Å². The van der Waals surface area contributed by atoms with Gasteiger partial charge in [-0.05, 0) is 36.6 Å². The summed E-state index contributed by atoms with van der Waals surface area (Å²) < 4.78 is 55.2. The van der Waals surface area contributed by atoms with Crippen molar-refractivity contribution < 1.29 is 27.4 Å². The highest BCUT2D eigenvalue weighted by atomic mass is 19.3. The van der Waals surface area contributed by atoms with E-state index in [-0.39, 0.29) is 0 Å². The molecule has 3 nitrogen and oxygen atoms in total. The van der Waals surface area contributed by atoms with E-state index in [1.807, 2.05) is 0 Å². The number of aromatic nitrogens is 1. The van der Waals surface area contributed by atoms with Gasteiger partial charge in [0.15, 0.2) is 0 Å². The molecule has 1 N–H and O–H groups in total. The van der Waals surface area contributed by atoms with Gasteiger partial charge in [0, 0.05) is 18.0 Å². The molecular weight excluding hydrogens is 434 g/mol. The molecule has 0 aliphatic heterocycles. The summed E-state index contributed by atoms with van der Waals surface area (Å²) >= 11 is 0. The van der Waals surface area contributed by atoms with E-state index >= 15 is 0 Å². The Balaban J connectivity index is 1.96. The number of aliphatic hydroxyl groups is 1. The van der Waals surface area contributed by atoms with E-state index in [9.17, 15) is 22.7 Å². The van der Waals surface area contributed by atoms with Gasteiger partial charge in [0.1, 0.15) is 11.4 Å². The second kappa shape index (κ2) is 13.5. The van der Waals surface area contributed by atoms with Crippen molar-refractivity contribution in [3.05, 3.63) is 59.9 Å². The highest BCUT2D eigenvalue weighted by Crippen LogP contribution is 2.36. The first-order chi connectivity index (χ1) is 15.8. The number of alkyl halides is 4.